The van der Waals surface area contributed by atoms with Gasteiger partial charge in [0.25, 0.3) is 0 Å². The first-order chi connectivity index (χ1) is 9.28. The highest BCUT2D eigenvalue weighted by atomic mass is 32.2. The molecule has 102 valence electrons. The summed E-state index contributed by atoms with van der Waals surface area (Å²) in [4.78, 5) is 0. The average Bonchev–Trinajstić information content (AvgIpc) is 3.06. The van der Waals surface area contributed by atoms with E-state index in [1.54, 1.807) is 11.8 Å². The molecule has 0 amide bonds. The predicted molar refractivity (Wildman–Crippen MR) is 71.8 cm³/mol. The maximum atomic E-state index is 5.33. The van der Waals surface area contributed by atoms with Crippen molar-refractivity contribution in [1.82, 2.24) is 25.2 Å². The maximum absolute atomic E-state index is 5.33. The summed E-state index contributed by atoms with van der Waals surface area (Å²) < 4.78 is 7.34. The van der Waals surface area contributed by atoms with Gasteiger partial charge in [0.05, 0.1) is 12.2 Å². The van der Waals surface area contributed by atoms with Crippen LogP contribution in [0.25, 0.3) is 0 Å². The van der Waals surface area contributed by atoms with Gasteiger partial charge in [-0.2, -0.15) is 0 Å². The number of hydrogen-bond donors (Lipinski definition) is 1. The number of hydrogen-bond acceptors (Lipinski definition) is 6. The molecule has 0 radical (unpaired) electrons. The Hall–Kier alpha value is -1.34. The van der Waals surface area contributed by atoms with E-state index in [4.69, 9.17) is 4.52 Å². The first-order valence-electron chi connectivity index (χ1n) is 6.39. The van der Waals surface area contributed by atoms with E-state index in [9.17, 15) is 0 Å². The molecule has 1 saturated carbocycles. The van der Waals surface area contributed by atoms with Crippen LogP contribution in [0.2, 0.25) is 0 Å². The smallest absolute Gasteiger partial charge is 0.191 e. The minimum Gasteiger partial charge on any atom is -0.361 e. The monoisotopic (exact) mass is 279 g/mol. The minimum absolute atomic E-state index is 0.614. The zero-order chi connectivity index (χ0) is 13.2. The lowest BCUT2D eigenvalue weighted by Crippen LogP contribution is -2.10. The quantitative estimate of drug-likeness (QED) is 0.812. The fourth-order valence-electron chi connectivity index (χ4n) is 1.88. The molecule has 0 aliphatic heterocycles. The van der Waals surface area contributed by atoms with E-state index in [-0.39, 0.29) is 0 Å². The lowest BCUT2D eigenvalue weighted by molar-refractivity contribution is 0.380. The summed E-state index contributed by atoms with van der Waals surface area (Å²) in [5.41, 5.74) is 0.977. The van der Waals surface area contributed by atoms with E-state index in [1.807, 2.05) is 18.7 Å². The summed E-state index contributed by atoms with van der Waals surface area (Å²) in [7, 11) is 3.88. The first-order valence-corrected chi connectivity index (χ1v) is 7.37. The van der Waals surface area contributed by atoms with Crippen LogP contribution in [-0.4, -0.2) is 27.0 Å². The minimum atomic E-state index is 0.614. The fourth-order valence-corrected chi connectivity index (χ4v) is 2.69. The zero-order valence-electron chi connectivity index (χ0n) is 11.1. The van der Waals surface area contributed by atoms with Gasteiger partial charge in [0.2, 0.25) is 0 Å². The van der Waals surface area contributed by atoms with Crippen molar-refractivity contribution in [1.29, 1.82) is 0 Å². The topological polar surface area (TPSA) is 68.8 Å². The zero-order valence-corrected chi connectivity index (χ0v) is 11.9. The molecule has 0 saturated heterocycles. The van der Waals surface area contributed by atoms with Gasteiger partial charge in [-0.25, -0.2) is 0 Å². The van der Waals surface area contributed by atoms with Crippen molar-refractivity contribution < 1.29 is 4.52 Å². The first kappa shape index (κ1) is 12.7. The molecule has 3 rings (SSSR count). The van der Waals surface area contributed by atoms with E-state index in [1.165, 1.54) is 12.8 Å². The third-order valence-corrected chi connectivity index (χ3v) is 4.22. The molecule has 1 N–H and O–H groups in total. The van der Waals surface area contributed by atoms with E-state index in [0.29, 0.717) is 5.92 Å². The Morgan fingerprint density at radius 2 is 2.32 bits per heavy atom. The molecule has 0 aromatic carbocycles. The van der Waals surface area contributed by atoms with Crippen molar-refractivity contribution in [3.05, 3.63) is 23.3 Å². The molecule has 2 heterocycles. The summed E-state index contributed by atoms with van der Waals surface area (Å²) in [5.74, 6) is 3.35. The average molecular weight is 279 g/mol. The highest BCUT2D eigenvalue weighted by Gasteiger charge is 2.27. The number of aromatic nitrogens is 4. The van der Waals surface area contributed by atoms with Crippen molar-refractivity contribution in [2.45, 2.75) is 36.2 Å². The second-order valence-electron chi connectivity index (χ2n) is 4.77. The molecule has 0 spiro atoms. The molecule has 7 heteroatoms. The van der Waals surface area contributed by atoms with Crippen LogP contribution in [0.5, 0.6) is 0 Å². The SMILES string of the molecule is CNCc1nnc(SCc2cc(C3CC3)on2)n1C. The third-order valence-electron chi connectivity index (χ3n) is 3.17. The van der Waals surface area contributed by atoms with Gasteiger partial charge < -0.3 is 14.4 Å². The molecule has 0 unspecified atom stereocenters. The van der Waals surface area contributed by atoms with Crippen LogP contribution in [0.4, 0.5) is 0 Å². The molecule has 19 heavy (non-hydrogen) atoms. The Morgan fingerprint density at radius 3 is 3.05 bits per heavy atom. The molecule has 2 aromatic rings. The van der Waals surface area contributed by atoms with Crippen LogP contribution in [-0.2, 0) is 19.3 Å². The van der Waals surface area contributed by atoms with E-state index in [2.05, 4.69) is 26.7 Å². The molecule has 0 atom stereocenters. The van der Waals surface area contributed by atoms with Crippen molar-refractivity contribution in [2.24, 2.45) is 7.05 Å². The normalized spacial score (nSPS) is 15.1. The largest absolute Gasteiger partial charge is 0.361 e. The fraction of sp³-hybridized carbons (Fsp3) is 0.583. The van der Waals surface area contributed by atoms with Crippen LogP contribution in [0, 0.1) is 0 Å². The Kier molecular flexibility index (Phi) is 3.56. The van der Waals surface area contributed by atoms with Gasteiger partial charge in [-0.3, -0.25) is 0 Å². The molecule has 1 aliphatic rings. The number of thioether (sulfide) groups is 1. The van der Waals surface area contributed by atoms with E-state index in [0.717, 1.165) is 34.7 Å². The van der Waals surface area contributed by atoms with Gasteiger partial charge in [-0.1, -0.05) is 16.9 Å². The molecular weight excluding hydrogens is 262 g/mol. The summed E-state index contributed by atoms with van der Waals surface area (Å²) >= 11 is 1.63. The van der Waals surface area contributed by atoms with Crippen LogP contribution in [0.1, 0.15) is 36.0 Å². The van der Waals surface area contributed by atoms with Crippen LogP contribution >= 0.6 is 11.8 Å². The summed E-state index contributed by atoms with van der Waals surface area (Å²) in [6.45, 7) is 0.722. The molecule has 1 fully saturated rings. The Morgan fingerprint density at radius 1 is 1.47 bits per heavy atom. The standard InChI is InChI=1S/C12H17N5OS/c1-13-6-11-14-15-12(17(11)2)19-7-9-5-10(18-16-9)8-3-4-8/h5,8,13H,3-4,6-7H2,1-2H3. The highest BCUT2D eigenvalue weighted by Crippen LogP contribution is 2.40. The summed E-state index contributed by atoms with van der Waals surface area (Å²) in [6.07, 6.45) is 2.47. The maximum Gasteiger partial charge on any atom is 0.191 e. The lowest BCUT2D eigenvalue weighted by atomic mass is 10.3. The van der Waals surface area contributed by atoms with Crippen LogP contribution < -0.4 is 5.32 Å². The van der Waals surface area contributed by atoms with Crippen molar-refractivity contribution in [3.63, 3.8) is 0 Å². The second kappa shape index (κ2) is 5.34. The van der Waals surface area contributed by atoms with Crippen LogP contribution in [0.3, 0.4) is 0 Å². The highest BCUT2D eigenvalue weighted by molar-refractivity contribution is 7.98. The molecule has 2 aromatic heterocycles. The summed E-state index contributed by atoms with van der Waals surface area (Å²) in [5, 5.41) is 16.4. The third kappa shape index (κ3) is 2.82. The Balaban J connectivity index is 1.61. The van der Waals surface area contributed by atoms with Gasteiger partial charge in [-0.15, -0.1) is 10.2 Å². The van der Waals surface area contributed by atoms with Crippen molar-refractivity contribution in [3.8, 4) is 0 Å². The molecule has 6 nitrogen and oxygen atoms in total. The van der Waals surface area contributed by atoms with Gasteiger partial charge in [-0.05, 0) is 19.9 Å². The summed E-state index contributed by atoms with van der Waals surface area (Å²) in [6, 6.07) is 2.07. The number of rotatable bonds is 6. The molecule has 0 bridgehead atoms. The second-order valence-corrected chi connectivity index (χ2v) is 5.71. The molecule has 1 aliphatic carbocycles. The van der Waals surface area contributed by atoms with Crippen LogP contribution in [0.15, 0.2) is 15.7 Å². The van der Waals surface area contributed by atoms with Crippen molar-refractivity contribution >= 4 is 11.8 Å². The van der Waals surface area contributed by atoms with E-state index < -0.39 is 0 Å². The van der Waals surface area contributed by atoms with Gasteiger partial charge in [0.1, 0.15) is 11.6 Å². The van der Waals surface area contributed by atoms with Gasteiger partial charge >= 0.3 is 0 Å². The Bertz CT molecular complexity index is 560. The number of nitrogens with zero attached hydrogens (tertiary/aromatic N) is 4. The van der Waals surface area contributed by atoms with Gasteiger partial charge in [0, 0.05) is 24.8 Å². The predicted octanol–water partition coefficient (Wildman–Crippen LogP) is 1.69. The molecular formula is C12H17N5OS. The van der Waals surface area contributed by atoms with Crippen molar-refractivity contribution in [2.75, 3.05) is 7.05 Å². The number of nitrogens with one attached hydrogen (secondary N) is 1. The van der Waals surface area contributed by atoms with Gasteiger partial charge in [0.15, 0.2) is 5.16 Å². The van der Waals surface area contributed by atoms with E-state index >= 15 is 0 Å². The Labute approximate surface area is 116 Å². The lowest BCUT2D eigenvalue weighted by Gasteiger charge is -2.01.